The van der Waals surface area contributed by atoms with Gasteiger partial charge in [0.05, 0.1) is 0 Å². The Hall–Kier alpha value is -3.12. The Morgan fingerprint density at radius 3 is 2.58 bits per heavy atom. The largest absolute Gasteiger partial charge is 0.437 e. The molecule has 1 aromatic carbocycles. The van der Waals surface area contributed by atoms with Crippen molar-refractivity contribution in [2.75, 3.05) is 23.3 Å². The average Bonchev–Trinajstić information content (AvgIpc) is 3.11. The van der Waals surface area contributed by atoms with E-state index in [2.05, 4.69) is 20.2 Å². The van der Waals surface area contributed by atoms with Crippen LogP contribution in [0, 0.1) is 0 Å². The van der Waals surface area contributed by atoms with E-state index < -0.39 is 0 Å². The second-order valence-electron chi connectivity index (χ2n) is 6.29. The van der Waals surface area contributed by atoms with Gasteiger partial charge in [-0.1, -0.05) is 6.07 Å². The first-order chi connectivity index (χ1) is 12.8. The zero-order valence-corrected chi connectivity index (χ0v) is 14.4. The molecule has 0 radical (unpaired) electrons. The first-order valence-corrected chi connectivity index (χ1v) is 8.69. The van der Waals surface area contributed by atoms with Crippen LogP contribution in [0.3, 0.4) is 0 Å². The number of anilines is 3. The van der Waals surface area contributed by atoms with Gasteiger partial charge in [-0.15, -0.1) is 0 Å². The Kier molecular flexibility index (Phi) is 4.66. The van der Waals surface area contributed by atoms with Gasteiger partial charge in [0.25, 0.3) is 0 Å². The van der Waals surface area contributed by atoms with Gasteiger partial charge >= 0.3 is 0 Å². The molecule has 1 aliphatic heterocycles. The summed E-state index contributed by atoms with van der Waals surface area (Å²) in [5, 5.41) is 3.25. The van der Waals surface area contributed by atoms with Gasteiger partial charge < -0.3 is 20.7 Å². The summed E-state index contributed by atoms with van der Waals surface area (Å²) in [6.07, 6.45) is 4.49. The highest BCUT2D eigenvalue weighted by Gasteiger charge is 2.22. The zero-order valence-electron chi connectivity index (χ0n) is 14.4. The molecule has 0 bridgehead atoms. The minimum absolute atomic E-state index is 0.208. The SMILES string of the molecule is NC1CCN(c2cccnc2Oc2ccc(Nc3ccccn3)cc2)C1. The van der Waals surface area contributed by atoms with Crippen molar-refractivity contribution in [3.63, 3.8) is 0 Å². The summed E-state index contributed by atoms with van der Waals surface area (Å²) in [4.78, 5) is 10.9. The predicted molar refractivity (Wildman–Crippen MR) is 103 cm³/mol. The lowest BCUT2D eigenvalue weighted by Crippen LogP contribution is -2.26. The highest BCUT2D eigenvalue weighted by molar-refractivity contribution is 5.59. The van der Waals surface area contributed by atoms with Crippen LogP contribution in [0.15, 0.2) is 67.0 Å². The monoisotopic (exact) mass is 347 g/mol. The third-order valence-corrected chi connectivity index (χ3v) is 4.32. The standard InChI is InChI=1S/C20H21N5O/c21-15-10-13-25(14-15)18-4-3-12-23-20(18)26-17-8-6-16(7-9-17)24-19-5-1-2-11-22-19/h1-9,11-12,15H,10,13-14,21H2,(H,22,24). The van der Waals surface area contributed by atoms with E-state index in [9.17, 15) is 0 Å². The van der Waals surface area contributed by atoms with Crippen molar-refractivity contribution in [1.82, 2.24) is 9.97 Å². The van der Waals surface area contributed by atoms with Crippen molar-refractivity contribution >= 4 is 17.2 Å². The topological polar surface area (TPSA) is 76.3 Å². The average molecular weight is 347 g/mol. The number of nitrogens with zero attached hydrogens (tertiary/aromatic N) is 3. The molecule has 0 amide bonds. The van der Waals surface area contributed by atoms with E-state index in [1.165, 1.54) is 0 Å². The zero-order chi connectivity index (χ0) is 17.8. The number of pyridine rings is 2. The molecular formula is C20H21N5O. The van der Waals surface area contributed by atoms with Gasteiger partial charge in [0.15, 0.2) is 0 Å². The lowest BCUT2D eigenvalue weighted by atomic mass is 10.3. The van der Waals surface area contributed by atoms with Crippen molar-refractivity contribution in [3.05, 3.63) is 67.0 Å². The fourth-order valence-corrected chi connectivity index (χ4v) is 3.01. The molecule has 6 nitrogen and oxygen atoms in total. The van der Waals surface area contributed by atoms with Gasteiger partial charge in [0.1, 0.15) is 17.3 Å². The second kappa shape index (κ2) is 7.41. The van der Waals surface area contributed by atoms with Crippen LogP contribution < -0.4 is 20.7 Å². The number of ether oxygens (including phenoxy) is 1. The van der Waals surface area contributed by atoms with Crippen molar-refractivity contribution in [3.8, 4) is 11.6 Å². The molecule has 1 saturated heterocycles. The highest BCUT2D eigenvalue weighted by Crippen LogP contribution is 2.32. The number of hydrogen-bond donors (Lipinski definition) is 2. The van der Waals surface area contributed by atoms with Gasteiger partial charge in [0, 0.05) is 37.2 Å². The van der Waals surface area contributed by atoms with Gasteiger partial charge in [-0.05, 0) is 55.0 Å². The minimum Gasteiger partial charge on any atom is -0.437 e. The quantitative estimate of drug-likeness (QED) is 0.735. The molecule has 3 aromatic rings. The number of aromatic nitrogens is 2. The maximum absolute atomic E-state index is 6.03. The number of hydrogen-bond acceptors (Lipinski definition) is 6. The Balaban J connectivity index is 1.48. The molecule has 1 aliphatic rings. The second-order valence-corrected chi connectivity index (χ2v) is 6.29. The van der Waals surface area contributed by atoms with Gasteiger partial charge in [-0.3, -0.25) is 0 Å². The van der Waals surface area contributed by atoms with Crippen LogP contribution in [0.25, 0.3) is 0 Å². The van der Waals surface area contributed by atoms with Gasteiger partial charge in [-0.2, -0.15) is 0 Å². The van der Waals surface area contributed by atoms with E-state index in [4.69, 9.17) is 10.5 Å². The molecule has 1 fully saturated rings. The molecule has 0 saturated carbocycles. The molecule has 3 heterocycles. The number of nitrogens with one attached hydrogen (secondary N) is 1. The number of rotatable bonds is 5. The summed E-state index contributed by atoms with van der Waals surface area (Å²) < 4.78 is 6.03. The highest BCUT2D eigenvalue weighted by atomic mass is 16.5. The van der Waals surface area contributed by atoms with Crippen LogP contribution in [0.1, 0.15) is 6.42 Å². The molecule has 26 heavy (non-hydrogen) atoms. The molecule has 2 aromatic heterocycles. The molecule has 0 spiro atoms. The fraction of sp³-hybridized carbons (Fsp3) is 0.200. The minimum atomic E-state index is 0.208. The van der Waals surface area contributed by atoms with E-state index in [1.807, 2.05) is 54.6 Å². The molecule has 132 valence electrons. The Bertz CT molecular complexity index is 854. The Labute approximate surface area is 152 Å². The molecule has 6 heteroatoms. The molecular weight excluding hydrogens is 326 g/mol. The van der Waals surface area contributed by atoms with Crippen molar-refractivity contribution in [2.24, 2.45) is 5.73 Å². The first kappa shape index (κ1) is 16.4. The van der Waals surface area contributed by atoms with Crippen LogP contribution in [-0.2, 0) is 0 Å². The summed E-state index contributed by atoms with van der Waals surface area (Å²) in [6, 6.07) is 17.7. The maximum Gasteiger partial charge on any atom is 0.243 e. The summed E-state index contributed by atoms with van der Waals surface area (Å²) in [7, 11) is 0. The van der Waals surface area contributed by atoms with Crippen LogP contribution in [0.4, 0.5) is 17.2 Å². The normalized spacial score (nSPS) is 16.5. The molecule has 4 rings (SSSR count). The Morgan fingerprint density at radius 2 is 1.85 bits per heavy atom. The van der Waals surface area contributed by atoms with Crippen LogP contribution in [0.2, 0.25) is 0 Å². The summed E-state index contributed by atoms with van der Waals surface area (Å²) in [5.74, 6) is 2.14. The van der Waals surface area contributed by atoms with Gasteiger partial charge in [-0.25, -0.2) is 9.97 Å². The Morgan fingerprint density at radius 1 is 1.00 bits per heavy atom. The van der Waals surface area contributed by atoms with Crippen LogP contribution in [0.5, 0.6) is 11.6 Å². The van der Waals surface area contributed by atoms with E-state index in [-0.39, 0.29) is 6.04 Å². The summed E-state index contributed by atoms with van der Waals surface area (Å²) in [5.41, 5.74) is 7.96. The molecule has 0 aliphatic carbocycles. The lowest BCUT2D eigenvalue weighted by Gasteiger charge is -2.20. The van der Waals surface area contributed by atoms with Crippen molar-refractivity contribution < 1.29 is 4.74 Å². The third-order valence-electron chi connectivity index (χ3n) is 4.32. The summed E-state index contributed by atoms with van der Waals surface area (Å²) >= 11 is 0. The van der Waals surface area contributed by atoms with E-state index in [0.29, 0.717) is 5.88 Å². The van der Waals surface area contributed by atoms with E-state index in [1.54, 1.807) is 12.4 Å². The lowest BCUT2D eigenvalue weighted by molar-refractivity contribution is 0.462. The van der Waals surface area contributed by atoms with Crippen LogP contribution >= 0.6 is 0 Å². The predicted octanol–water partition coefficient (Wildman–Crippen LogP) is 3.55. The molecule has 3 N–H and O–H groups in total. The molecule has 1 atom stereocenters. The fourth-order valence-electron chi connectivity index (χ4n) is 3.01. The summed E-state index contributed by atoms with van der Waals surface area (Å²) in [6.45, 7) is 1.76. The third kappa shape index (κ3) is 3.75. The number of nitrogens with two attached hydrogens (primary N) is 1. The number of benzene rings is 1. The van der Waals surface area contributed by atoms with E-state index >= 15 is 0 Å². The van der Waals surface area contributed by atoms with Crippen molar-refractivity contribution in [1.29, 1.82) is 0 Å². The smallest absolute Gasteiger partial charge is 0.243 e. The van der Waals surface area contributed by atoms with Crippen molar-refractivity contribution in [2.45, 2.75) is 12.5 Å². The first-order valence-electron chi connectivity index (χ1n) is 8.69. The maximum atomic E-state index is 6.03. The van der Waals surface area contributed by atoms with E-state index in [0.717, 1.165) is 42.5 Å². The van der Waals surface area contributed by atoms with Gasteiger partial charge in [0.2, 0.25) is 5.88 Å². The van der Waals surface area contributed by atoms with Crippen LogP contribution in [-0.4, -0.2) is 29.1 Å². The molecule has 1 unspecified atom stereocenters.